The smallest absolute Gasteiger partial charge is 0.242 e. The van der Waals surface area contributed by atoms with Gasteiger partial charge in [0.1, 0.15) is 11.8 Å². The predicted octanol–water partition coefficient (Wildman–Crippen LogP) is 1.99. The fourth-order valence-electron chi connectivity index (χ4n) is 2.12. The molecule has 0 radical (unpaired) electrons. The number of carbonyl (C=O) groups excluding carboxylic acids is 2. The molecule has 0 saturated carbocycles. The van der Waals surface area contributed by atoms with Crippen molar-refractivity contribution in [3.05, 3.63) is 29.8 Å². The summed E-state index contributed by atoms with van der Waals surface area (Å²) in [4.78, 5) is 23.8. The average Bonchev–Trinajstić information content (AvgIpc) is 2.53. The van der Waals surface area contributed by atoms with Crippen molar-refractivity contribution >= 4 is 11.8 Å². The quantitative estimate of drug-likeness (QED) is 0.687. The summed E-state index contributed by atoms with van der Waals surface area (Å²) in [5, 5.41) is 14.7. The van der Waals surface area contributed by atoms with Gasteiger partial charge in [-0.15, -0.1) is 0 Å². The first kappa shape index (κ1) is 18.0. The zero-order valence-electron chi connectivity index (χ0n) is 13.6. The largest absolute Gasteiger partial charge is 0.508 e. The van der Waals surface area contributed by atoms with E-state index in [1.165, 1.54) is 0 Å². The molecule has 3 N–H and O–H groups in total. The number of aryl methyl sites for hydroxylation is 1. The Morgan fingerprint density at radius 2 is 1.82 bits per heavy atom. The van der Waals surface area contributed by atoms with E-state index in [0.717, 1.165) is 24.8 Å². The van der Waals surface area contributed by atoms with E-state index >= 15 is 0 Å². The maximum Gasteiger partial charge on any atom is 0.242 e. The Bertz CT molecular complexity index is 485. The number of hydrogen-bond acceptors (Lipinski definition) is 3. The zero-order valence-corrected chi connectivity index (χ0v) is 13.6. The third-order valence-electron chi connectivity index (χ3n) is 3.83. The topological polar surface area (TPSA) is 78.4 Å². The predicted molar refractivity (Wildman–Crippen MR) is 86.5 cm³/mol. The number of nitrogens with one attached hydrogen (secondary N) is 2. The summed E-state index contributed by atoms with van der Waals surface area (Å²) < 4.78 is 0. The minimum atomic E-state index is -0.497. The van der Waals surface area contributed by atoms with Crippen molar-refractivity contribution in [1.82, 2.24) is 10.6 Å². The van der Waals surface area contributed by atoms with Crippen molar-refractivity contribution in [2.24, 2.45) is 5.92 Å². The second kappa shape index (κ2) is 9.07. The van der Waals surface area contributed by atoms with Crippen molar-refractivity contribution in [2.75, 3.05) is 7.05 Å². The van der Waals surface area contributed by atoms with Gasteiger partial charge in [0.2, 0.25) is 11.8 Å². The maximum absolute atomic E-state index is 12.0. The second-order valence-electron chi connectivity index (χ2n) is 5.54. The molecule has 5 heteroatoms. The van der Waals surface area contributed by atoms with Crippen molar-refractivity contribution in [1.29, 1.82) is 0 Å². The number of aromatic hydroxyl groups is 1. The van der Waals surface area contributed by atoms with E-state index in [9.17, 15) is 14.7 Å². The molecule has 0 aliphatic rings. The molecule has 0 aliphatic carbocycles. The summed E-state index contributed by atoms with van der Waals surface area (Å²) in [5.74, 6) is -0.0971. The fourth-order valence-corrected chi connectivity index (χ4v) is 2.12. The van der Waals surface area contributed by atoms with Crippen LogP contribution in [0.1, 0.15) is 38.7 Å². The highest BCUT2D eigenvalue weighted by molar-refractivity contribution is 5.88. The molecule has 0 aliphatic heterocycles. The molecule has 0 fully saturated rings. The van der Waals surface area contributed by atoms with Gasteiger partial charge in [-0.2, -0.15) is 0 Å². The third-order valence-corrected chi connectivity index (χ3v) is 3.83. The molecule has 2 amide bonds. The summed E-state index contributed by atoms with van der Waals surface area (Å²) in [6.07, 6.45) is 2.92. The minimum absolute atomic E-state index is 0.0827. The number of benzene rings is 1. The van der Waals surface area contributed by atoms with Crippen LogP contribution in [-0.4, -0.2) is 30.0 Å². The van der Waals surface area contributed by atoms with Crippen molar-refractivity contribution in [3.63, 3.8) is 0 Å². The molecule has 1 rings (SSSR count). The lowest BCUT2D eigenvalue weighted by molar-refractivity contribution is -0.130. The van der Waals surface area contributed by atoms with Crippen molar-refractivity contribution in [2.45, 2.75) is 45.6 Å². The molecular formula is C17H26N2O3. The monoisotopic (exact) mass is 306 g/mol. The number of rotatable bonds is 8. The van der Waals surface area contributed by atoms with Crippen LogP contribution in [0.5, 0.6) is 5.75 Å². The lowest BCUT2D eigenvalue weighted by Crippen LogP contribution is -2.47. The molecule has 0 bridgehead atoms. The second-order valence-corrected chi connectivity index (χ2v) is 5.54. The van der Waals surface area contributed by atoms with E-state index in [2.05, 4.69) is 10.6 Å². The Kier molecular flexibility index (Phi) is 7.43. The summed E-state index contributed by atoms with van der Waals surface area (Å²) in [7, 11) is 1.57. The SMILES string of the molecule is CCC(C)C(=O)NC(CCCc1ccc(O)cc1)C(=O)NC. The normalized spacial score (nSPS) is 13.2. The van der Waals surface area contributed by atoms with E-state index < -0.39 is 6.04 Å². The molecule has 1 aromatic carbocycles. The number of hydrogen-bond donors (Lipinski definition) is 3. The highest BCUT2D eigenvalue weighted by Gasteiger charge is 2.21. The number of carbonyl (C=O) groups is 2. The van der Waals surface area contributed by atoms with Crippen LogP contribution < -0.4 is 10.6 Å². The van der Waals surface area contributed by atoms with Gasteiger partial charge in [-0.05, 0) is 43.4 Å². The van der Waals surface area contributed by atoms with E-state index in [0.29, 0.717) is 6.42 Å². The molecule has 5 nitrogen and oxygen atoms in total. The van der Waals surface area contributed by atoms with E-state index in [4.69, 9.17) is 0 Å². The van der Waals surface area contributed by atoms with Gasteiger partial charge in [-0.3, -0.25) is 9.59 Å². The van der Waals surface area contributed by atoms with Crippen LogP contribution in [0.4, 0.5) is 0 Å². The van der Waals surface area contributed by atoms with Gasteiger partial charge < -0.3 is 15.7 Å². The first-order valence-corrected chi connectivity index (χ1v) is 7.77. The van der Waals surface area contributed by atoms with Gasteiger partial charge in [0.25, 0.3) is 0 Å². The summed E-state index contributed by atoms with van der Waals surface area (Å²) in [5.41, 5.74) is 1.10. The Morgan fingerprint density at radius 1 is 1.18 bits per heavy atom. The van der Waals surface area contributed by atoms with Gasteiger partial charge in [0.15, 0.2) is 0 Å². The highest BCUT2D eigenvalue weighted by atomic mass is 16.3. The van der Waals surface area contributed by atoms with Crippen LogP contribution >= 0.6 is 0 Å². The maximum atomic E-state index is 12.0. The van der Waals surface area contributed by atoms with Gasteiger partial charge in [0.05, 0.1) is 0 Å². The zero-order chi connectivity index (χ0) is 16.5. The van der Waals surface area contributed by atoms with Crippen LogP contribution in [0.3, 0.4) is 0 Å². The molecule has 2 unspecified atom stereocenters. The lowest BCUT2D eigenvalue weighted by Gasteiger charge is -2.19. The molecule has 1 aromatic rings. The molecule has 0 spiro atoms. The van der Waals surface area contributed by atoms with E-state index in [1.807, 2.05) is 26.0 Å². The highest BCUT2D eigenvalue weighted by Crippen LogP contribution is 2.13. The summed E-state index contributed by atoms with van der Waals surface area (Å²) in [6, 6.07) is 6.53. The molecule has 2 atom stereocenters. The van der Waals surface area contributed by atoms with Crippen LogP contribution in [0.2, 0.25) is 0 Å². The Morgan fingerprint density at radius 3 is 2.36 bits per heavy atom. The van der Waals surface area contributed by atoms with Crippen LogP contribution in [0.15, 0.2) is 24.3 Å². The number of likely N-dealkylation sites (N-methyl/N-ethyl adjacent to an activating group) is 1. The average molecular weight is 306 g/mol. The molecule has 22 heavy (non-hydrogen) atoms. The first-order chi connectivity index (χ1) is 10.5. The molecular weight excluding hydrogens is 280 g/mol. The Labute approximate surface area is 132 Å². The van der Waals surface area contributed by atoms with Crippen molar-refractivity contribution in [3.8, 4) is 5.75 Å². The number of amides is 2. The first-order valence-electron chi connectivity index (χ1n) is 7.77. The third kappa shape index (κ3) is 5.76. The molecule has 122 valence electrons. The van der Waals surface area contributed by atoms with Gasteiger partial charge in [-0.1, -0.05) is 26.0 Å². The van der Waals surface area contributed by atoms with Crippen molar-refractivity contribution < 1.29 is 14.7 Å². The van der Waals surface area contributed by atoms with E-state index in [-0.39, 0.29) is 23.5 Å². The van der Waals surface area contributed by atoms with Crippen LogP contribution in [-0.2, 0) is 16.0 Å². The fraction of sp³-hybridized carbons (Fsp3) is 0.529. The minimum Gasteiger partial charge on any atom is -0.508 e. The molecule has 0 saturated heterocycles. The van der Waals surface area contributed by atoms with Gasteiger partial charge >= 0.3 is 0 Å². The summed E-state index contributed by atoms with van der Waals surface area (Å²) in [6.45, 7) is 3.80. The lowest BCUT2D eigenvalue weighted by atomic mass is 10.0. The Hall–Kier alpha value is -2.04. The van der Waals surface area contributed by atoms with Gasteiger partial charge in [-0.25, -0.2) is 0 Å². The van der Waals surface area contributed by atoms with Crippen LogP contribution in [0.25, 0.3) is 0 Å². The van der Waals surface area contributed by atoms with E-state index in [1.54, 1.807) is 19.2 Å². The number of phenols is 1. The standard InChI is InChI=1S/C17H26N2O3/c1-4-12(2)16(21)19-15(17(22)18-3)7-5-6-13-8-10-14(20)11-9-13/h8-12,15,20H,4-7H2,1-3H3,(H,18,22)(H,19,21). The van der Waals surface area contributed by atoms with Gasteiger partial charge in [0, 0.05) is 13.0 Å². The van der Waals surface area contributed by atoms with Crippen LogP contribution in [0, 0.1) is 5.92 Å². The molecule has 0 aromatic heterocycles. The summed E-state index contributed by atoms with van der Waals surface area (Å²) >= 11 is 0. The Balaban J connectivity index is 2.52. The molecule has 0 heterocycles. The number of phenolic OH excluding ortho intramolecular Hbond substituents is 1.